The maximum Gasteiger partial charge on any atom is 0.0654 e. The number of halogens is 2. The predicted octanol–water partition coefficient (Wildman–Crippen LogP) is 2.47. The Morgan fingerprint density at radius 1 is 1.09 bits per heavy atom. The number of rotatable bonds is 0. The number of benzene rings is 1. The maximum atomic E-state index is 5.73. The second-order valence-electron chi connectivity index (χ2n) is 2.29. The fraction of sp³-hybridized carbons (Fsp3) is 0.143. The molecule has 4 N–H and O–H groups in total. The van der Waals surface area contributed by atoms with Gasteiger partial charge in [0.05, 0.1) is 21.4 Å². The van der Waals surface area contributed by atoms with Crippen LogP contribution >= 0.6 is 23.2 Å². The average molecular weight is 191 g/mol. The largest absolute Gasteiger partial charge is 0.397 e. The van der Waals surface area contributed by atoms with Gasteiger partial charge in [-0.25, -0.2) is 0 Å². The van der Waals surface area contributed by atoms with Gasteiger partial charge in [0.25, 0.3) is 0 Å². The van der Waals surface area contributed by atoms with Gasteiger partial charge in [-0.3, -0.25) is 0 Å². The first kappa shape index (κ1) is 8.50. The van der Waals surface area contributed by atoms with Crippen LogP contribution in [0.5, 0.6) is 0 Å². The Balaban J connectivity index is 3.46. The minimum absolute atomic E-state index is 0.446. The normalized spacial score (nSPS) is 10.1. The van der Waals surface area contributed by atoms with Crippen LogP contribution in [0.3, 0.4) is 0 Å². The molecular formula is C7H8Cl2N2. The molecule has 1 rings (SSSR count). The molecule has 0 bridgehead atoms. The van der Waals surface area contributed by atoms with E-state index in [2.05, 4.69) is 0 Å². The second-order valence-corrected chi connectivity index (χ2v) is 3.11. The van der Waals surface area contributed by atoms with Crippen molar-refractivity contribution in [3.05, 3.63) is 21.7 Å². The van der Waals surface area contributed by atoms with E-state index in [1.807, 2.05) is 0 Å². The molecule has 0 heterocycles. The zero-order valence-electron chi connectivity index (χ0n) is 5.99. The molecule has 0 aliphatic rings. The van der Waals surface area contributed by atoms with Crippen LogP contribution in [0.2, 0.25) is 10.0 Å². The summed E-state index contributed by atoms with van der Waals surface area (Å²) in [4.78, 5) is 0. The molecule has 0 aliphatic heterocycles. The Hall–Kier alpha value is -0.600. The lowest BCUT2D eigenvalue weighted by Gasteiger charge is -2.07. The lowest BCUT2D eigenvalue weighted by atomic mass is 10.1. The summed E-state index contributed by atoms with van der Waals surface area (Å²) in [6.45, 7) is 1.78. The van der Waals surface area contributed by atoms with Crippen molar-refractivity contribution in [1.29, 1.82) is 0 Å². The van der Waals surface area contributed by atoms with E-state index in [-0.39, 0.29) is 0 Å². The van der Waals surface area contributed by atoms with Crippen molar-refractivity contribution in [1.82, 2.24) is 0 Å². The third-order valence-electron chi connectivity index (χ3n) is 1.58. The average Bonchev–Trinajstić information content (AvgIpc) is 1.97. The molecule has 0 aromatic heterocycles. The second kappa shape index (κ2) is 2.80. The van der Waals surface area contributed by atoms with Crippen LogP contribution in [0.15, 0.2) is 6.07 Å². The van der Waals surface area contributed by atoms with Crippen LogP contribution in [-0.2, 0) is 0 Å². The van der Waals surface area contributed by atoms with E-state index in [9.17, 15) is 0 Å². The van der Waals surface area contributed by atoms with Crippen LogP contribution < -0.4 is 11.5 Å². The van der Waals surface area contributed by atoms with Crippen LogP contribution in [-0.4, -0.2) is 0 Å². The van der Waals surface area contributed by atoms with Gasteiger partial charge >= 0.3 is 0 Å². The number of nitrogen functional groups attached to an aromatic ring is 2. The van der Waals surface area contributed by atoms with Crippen molar-refractivity contribution in [3.63, 3.8) is 0 Å². The van der Waals surface area contributed by atoms with Crippen molar-refractivity contribution in [2.45, 2.75) is 6.92 Å². The van der Waals surface area contributed by atoms with E-state index in [4.69, 9.17) is 34.7 Å². The van der Waals surface area contributed by atoms with E-state index in [0.29, 0.717) is 21.4 Å². The predicted molar refractivity (Wildman–Crippen MR) is 50.0 cm³/mol. The maximum absolute atomic E-state index is 5.73. The van der Waals surface area contributed by atoms with Crippen molar-refractivity contribution in [3.8, 4) is 0 Å². The van der Waals surface area contributed by atoms with E-state index < -0.39 is 0 Å². The fourth-order valence-electron chi connectivity index (χ4n) is 0.770. The third kappa shape index (κ3) is 1.37. The van der Waals surface area contributed by atoms with Crippen molar-refractivity contribution >= 4 is 34.6 Å². The third-order valence-corrected chi connectivity index (χ3v) is 2.20. The van der Waals surface area contributed by atoms with Gasteiger partial charge in [-0.05, 0) is 18.6 Å². The Morgan fingerprint density at radius 2 is 1.45 bits per heavy atom. The molecule has 1 aromatic carbocycles. The number of anilines is 2. The molecule has 0 amide bonds. The monoisotopic (exact) mass is 190 g/mol. The van der Waals surface area contributed by atoms with Gasteiger partial charge in [0.1, 0.15) is 0 Å². The van der Waals surface area contributed by atoms with E-state index in [1.165, 1.54) is 0 Å². The Kier molecular flexibility index (Phi) is 2.16. The number of nitrogens with two attached hydrogens (primary N) is 2. The highest BCUT2D eigenvalue weighted by molar-refractivity contribution is 6.38. The summed E-state index contributed by atoms with van der Waals surface area (Å²) < 4.78 is 0. The molecule has 0 atom stereocenters. The van der Waals surface area contributed by atoms with Gasteiger partial charge in [-0.15, -0.1) is 0 Å². The summed E-state index contributed by atoms with van der Waals surface area (Å²) >= 11 is 11.5. The van der Waals surface area contributed by atoms with Crippen molar-refractivity contribution in [2.75, 3.05) is 11.5 Å². The lowest BCUT2D eigenvalue weighted by molar-refractivity contribution is 1.47. The van der Waals surface area contributed by atoms with E-state index in [1.54, 1.807) is 13.0 Å². The van der Waals surface area contributed by atoms with Crippen molar-refractivity contribution < 1.29 is 0 Å². The Bertz CT molecular complexity index is 271. The molecule has 0 fully saturated rings. The first-order valence-corrected chi connectivity index (χ1v) is 3.79. The first-order valence-electron chi connectivity index (χ1n) is 3.03. The highest BCUT2D eigenvalue weighted by atomic mass is 35.5. The minimum atomic E-state index is 0.446. The van der Waals surface area contributed by atoms with Gasteiger partial charge in [-0.1, -0.05) is 23.2 Å². The van der Waals surface area contributed by atoms with Crippen LogP contribution in [0.25, 0.3) is 0 Å². The number of hydrogen-bond donors (Lipinski definition) is 2. The molecule has 0 aliphatic carbocycles. The van der Waals surface area contributed by atoms with E-state index in [0.717, 1.165) is 5.56 Å². The highest BCUT2D eigenvalue weighted by Crippen LogP contribution is 2.33. The van der Waals surface area contributed by atoms with E-state index >= 15 is 0 Å². The molecule has 0 unspecified atom stereocenters. The standard InChI is InChI=1S/C7H8Cl2N2/c1-3-6(10)4(8)2-5(9)7(3)11/h2H,10-11H2,1H3. The molecule has 1 aromatic rings. The quantitative estimate of drug-likeness (QED) is 0.618. The van der Waals surface area contributed by atoms with Gasteiger partial charge in [-0.2, -0.15) is 0 Å². The zero-order valence-corrected chi connectivity index (χ0v) is 7.50. The fourth-order valence-corrected chi connectivity index (χ4v) is 1.33. The zero-order chi connectivity index (χ0) is 8.59. The summed E-state index contributed by atoms with van der Waals surface area (Å²) in [7, 11) is 0. The van der Waals surface area contributed by atoms with Gasteiger partial charge in [0, 0.05) is 0 Å². The molecule has 4 heteroatoms. The summed E-state index contributed by atoms with van der Waals surface area (Å²) in [5, 5.41) is 0.892. The van der Waals surface area contributed by atoms with Gasteiger partial charge < -0.3 is 11.5 Å². The van der Waals surface area contributed by atoms with Crippen molar-refractivity contribution in [2.24, 2.45) is 0 Å². The molecule has 60 valence electrons. The summed E-state index contributed by atoms with van der Waals surface area (Å²) in [5.74, 6) is 0. The molecule has 0 saturated carbocycles. The first-order chi connectivity index (χ1) is 5.04. The lowest BCUT2D eigenvalue weighted by Crippen LogP contribution is -1.97. The Labute approximate surface area is 75.1 Å². The van der Waals surface area contributed by atoms with Gasteiger partial charge in [0.15, 0.2) is 0 Å². The topological polar surface area (TPSA) is 52.0 Å². The number of hydrogen-bond acceptors (Lipinski definition) is 2. The summed E-state index contributed by atoms with van der Waals surface area (Å²) in [6, 6.07) is 1.54. The molecular weight excluding hydrogens is 183 g/mol. The van der Waals surface area contributed by atoms with Crippen LogP contribution in [0, 0.1) is 6.92 Å². The Morgan fingerprint density at radius 3 is 1.82 bits per heavy atom. The van der Waals surface area contributed by atoms with Crippen LogP contribution in [0.4, 0.5) is 11.4 Å². The molecule has 0 spiro atoms. The summed E-state index contributed by atoms with van der Waals surface area (Å²) in [6.07, 6.45) is 0. The molecule has 0 radical (unpaired) electrons. The molecule has 2 nitrogen and oxygen atoms in total. The SMILES string of the molecule is Cc1c(N)c(Cl)cc(Cl)c1N. The van der Waals surface area contributed by atoms with Gasteiger partial charge in [0.2, 0.25) is 0 Å². The molecule has 0 saturated heterocycles. The van der Waals surface area contributed by atoms with Crippen LogP contribution in [0.1, 0.15) is 5.56 Å². The highest BCUT2D eigenvalue weighted by Gasteiger charge is 2.06. The molecule has 11 heavy (non-hydrogen) atoms. The summed E-state index contributed by atoms with van der Waals surface area (Å²) in [5.41, 5.74) is 12.9. The minimum Gasteiger partial charge on any atom is -0.397 e. The smallest absolute Gasteiger partial charge is 0.0654 e.